The van der Waals surface area contributed by atoms with E-state index in [0.717, 1.165) is 29.7 Å². The lowest BCUT2D eigenvalue weighted by molar-refractivity contribution is -0.145. The van der Waals surface area contributed by atoms with E-state index in [1.807, 2.05) is 42.6 Å². The number of carbonyl (C=O) groups excluding carboxylic acids is 1. The van der Waals surface area contributed by atoms with Crippen LogP contribution in [0.25, 0.3) is 10.9 Å². The number of aromatic nitrogens is 1. The molecule has 0 radical (unpaired) electrons. The molecule has 0 saturated carbocycles. The van der Waals surface area contributed by atoms with Gasteiger partial charge >= 0.3 is 5.97 Å². The number of esters is 1. The van der Waals surface area contributed by atoms with Crippen LogP contribution in [0.1, 0.15) is 24.0 Å². The average molecular weight is 323 g/mol. The van der Waals surface area contributed by atoms with Crippen LogP contribution in [0.4, 0.5) is 0 Å². The van der Waals surface area contributed by atoms with Crippen LogP contribution >= 0.6 is 0 Å². The van der Waals surface area contributed by atoms with E-state index in [4.69, 9.17) is 9.47 Å². The molecule has 3 rings (SSSR count). The first-order chi connectivity index (χ1) is 11.8. The minimum atomic E-state index is -0.180. The Labute approximate surface area is 141 Å². The lowest BCUT2D eigenvalue weighted by atomic mass is 10.1. The summed E-state index contributed by atoms with van der Waals surface area (Å²) in [6.07, 6.45) is 4.06. The van der Waals surface area contributed by atoms with E-state index in [0.29, 0.717) is 6.42 Å². The number of rotatable bonds is 7. The highest BCUT2D eigenvalue weighted by Crippen LogP contribution is 2.20. The summed E-state index contributed by atoms with van der Waals surface area (Å²) in [5, 5.41) is 1.22. The molecule has 4 heteroatoms. The molecule has 0 aliphatic carbocycles. The van der Waals surface area contributed by atoms with Gasteiger partial charge in [0.15, 0.2) is 0 Å². The van der Waals surface area contributed by atoms with Gasteiger partial charge < -0.3 is 14.5 Å². The Balaban J connectivity index is 1.47. The molecule has 1 aromatic heterocycles. The maximum atomic E-state index is 11.9. The number of hydrogen-bond acceptors (Lipinski definition) is 3. The number of ether oxygens (including phenoxy) is 2. The number of H-pyrrole nitrogens is 1. The first kappa shape index (κ1) is 16.1. The lowest BCUT2D eigenvalue weighted by Gasteiger charge is -2.09. The van der Waals surface area contributed by atoms with E-state index in [1.54, 1.807) is 7.11 Å². The van der Waals surface area contributed by atoms with Crippen molar-refractivity contribution in [3.8, 4) is 5.75 Å². The number of methoxy groups -OCH3 is 1. The molecule has 0 bridgehead atoms. The van der Waals surface area contributed by atoms with E-state index >= 15 is 0 Å². The molecule has 1 heterocycles. The second-order valence-electron chi connectivity index (χ2n) is 5.69. The maximum Gasteiger partial charge on any atom is 0.306 e. The summed E-state index contributed by atoms with van der Waals surface area (Å²) in [6.45, 7) is 0.246. The van der Waals surface area contributed by atoms with Gasteiger partial charge in [-0.15, -0.1) is 0 Å². The van der Waals surface area contributed by atoms with Crippen molar-refractivity contribution in [2.24, 2.45) is 0 Å². The SMILES string of the molecule is COc1ccccc1COC(=O)CCCc1c[nH]c2ccccc12. The average Bonchev–Trinajstić information content (AvgIpc) is 3.03. The van der Waals surface area contributed by atoms with Crippen LogP contribution in [0.5, 0.6) is 5.75 Å². The van der Waals surface area contributed by atoms with Crippen LogP contribution < -0.4 is 4.74 Å². The molecule has 0 aliphatic rings. The fourth-order valence-corrected chi connectivity index (χ4v) is 2.81. The first-order valence-corrected chi connectivity index (χ1v) is 8.10. The number of carbonyl (C=O) groups is 1. The zero-order chi connectivity index (χ0) is 16.8. The van der Waals surface area contributed by atoms with Gasteiger partial charge in [-0.25, -0.2) is 0 Å². The van der Waals surface area contributed by atoms with Gasteiger partial charge in [0.25, 0.3) is 0 Å². The summed E-state index contributed by atoms with van der Waals surface area (Å²) in [7, 11) is 1.61. The predicted molar refractivity (Wildman–Crippen MR) is 94.0 cm³/mol. The van der Waals surface area contributed by atoms with Gasteiger partial charge in [0.2, 0.25) is 0 Å². The summed E-state index contributed by atoms with van der Waals surface area (Å²) in [6, 6.07) is 15.8. The van der Waals surface area contributed by atoms with E-state index in [9.17, 15) is 4.79 Å². The fourth-order valence-electron chi connectivity index (χ4n) is 2.81. The normalized spacial score (nSPS) is 10.7. The monoisotopic (exact) mass is 323 g/mol. The lowest BCUT2D eigenvalue weighted by Crippen LogP contribution is -2.05. The van der Waals surface area contributed by atoms with Crippen molar-refractivity contribution < 1.29 is 14.3 Å². The minimum Gasteiger partial charge on any atom is -0.496 e. The first-order valence-electron chi connectivity index (χ1n) is 8.10. The van der Waals surface area contributed by atoms with Gasteiger partial charge in [-0.1, -0.05) is 36.4 Å². The quantitative estimate of drug-likeness (QED) is 0.662. The Kier molecular flexibility index (Phi) is 5.16. The van der Waals surface area contributed by atoms with Gasteiger partial charge in [0.05, 0.1) is 7.11 Å². The third-order valence-corrected chi connectivity index (χ3v) is 4.08. The van der Waals surface area contributed by atoms with Gasteiger partial charge in [-0.05, 0) is 30.5 Å². The third kappa shape index (κ3) is 3.77. The highest BCUT2D eigenvalue weighted by molar-refractivity contribution is 5.83. The van der Waals surface area contributed by atoms with Crippen molar-refractivity contribution in [1.82, 2.24) is 4.98 Å². The van der Waals surface area contributed by atoms with Crippen LogP contribution in [0.3, 0.4) is 0 Å². The molecule has 0 spiro atoms. The van der Waals surface area contributed by atoms with Crippen LogP contribution in [0, 0.1) is 0 Å². The number of para-hydroxylation sites is 2. The van der Waals surface area contributed by atoms with Crippen molar-refractivity contribution in [1.29, 1.82) is 0 Å². The largest absolute Gasteiger partial charge is 0.496 e. The number of fused-ring (bicyclic) bond motifs is 1. The van der Waals surface area contributed by atoms with Crippen molar-refractivity contribution in [3.63, 3.8) is 0 Å². The summed E-state index contributed by atoms with van der Waals surface area (Å²) < 4.78 is 10.6. The van der Waals surface area contributed by atoms with Gasteiger partial charge in [0, 0.05) is 29.1 Å². The summed E-state index contributed by atoms with van der Waals surface area (Å²) in [5.74, 6) is 0.560. The Morgan fingerprint density at radius 1 is 1.04 bits per heavy atom. The number of hydrogen-bond donors (Lipinski definition) is 1. The molecule has 0 fully saturated rings. The predicted octanol–water partition coefficient (Wildman–Crippen LogP) is 4.24. The molecule has 3 aromatic rings. The maximum absolute atomic E-state index is 11.9. The van der Waals surface area contributed by atoms with Crippen LogP contribution in [-0.4, -0.2) is 18.1 Å². The van der Waals surface area contributed by atoms with Gasteiger partial charge in [-0.3, -0.25) is 4.79 Å². The number of aryl methyl sites for hydroxylation is 1. The third-order valence-electron chi connectivity index (χ3n) is 4.08. The van der Waals surface area contributed by atoms with Crippen LogP contribution in [0.2, 0.25) is 0 Å². The highest BCUT2D eigenvalue weighted by Gasteiger charge is 2.08. The van der Waals surface area contributed by atoms with Crippen molar-refractivity contribution in [2.45, 2.75) is 25.9 Å². The standard InChI is InChI=1S/C20H21NO3/c1-23-19-11-5-2-7-16(19)14-24-20(22)12-6-8-15-13-21-18-10-4-3-9-17(15)18/h2-5,7,9-11,13,21H,6,8,12,14H2,1H3. The molecule has 0 saturated heterocycles. The van der Waals surface area contributed by atoms with Gasteiger partial charge in [-0.2, -0.15) is 0 Å². The summed E-state index contributed by atoms with van der Waals surface area (Å²) in [4.78, 5) is 15.2. The number of aromatic amines is 1. The van der Waals surface area contributed by atoms with E-state index < -0.39 is 0 Å². The molecule has 0 aliphatic heterocycles. The van der Waals surface area contributed by atoms with E-state index in [-0.39, 0.29) is 12.6 Å². The van der Waals surface area contributed by atoms with E-state index in [1.165, 1.54) is 10.9 Å². The molecule has 0 atom stereocenters. The minimum absolute atomic E-state index is 0.180. The van der Waals surface area contributed by atoms with Crippen LogP contribution in [-0.2, 0) is 22.6 Å². The topological polar surface area (TPSA) is 51.3 Å². The highest BCUT2D eigenvalue weighted by atomic mass is 16.5. The second kappa shape index (κ2) is 7.68. The Bertz CT molecular complexity index is 822. The molecule has 4 nitrogen and oxygen atoms in total. The fraction of sp³-hybridized carbons (Fsp3) is 0.250. The van der Waals surface area contributed by atoms with Crippen molar-refractivity contribution in [2.75, 3.05) is 7.11 Å². The second-order valence-corrected chi connectivity index (χ2v) is 5.69. The summed E-state index contributed by atoms with van der Waals surface area (Å²) >= 11 is 0. The molecule has 0 amide bonds. The Hall–Kier alpha value is -2.75. The van der Waals surface area contributed by atoms with Crippen LogP contribution in [0.15, 0.2) is 54.7 Å². The molecule has 124 valence electrons. The molecular formula is C20H21NO3. The Morgan fingerprint density at radius 3 is 2.71 bits per heavy atom. The number of nitrogens with one attached hydrogen (secondary N) is 1. The molecule has 1 N–H and O–H groups in total. The smallest absolute Gasteiger partial charge is 0.306 e. The zero-order valence-corrected chi connectivity index (χ0v) is 13.7. The molecule has 24 heavy (non-hydrogen) atoms. The van der Waals surface area contributed by atoms with Crippen molar-refractivity contribution in [3.05, 3.63) is 65.9 Å². The summed E-state index contributed by atoms with van der Waals surface area (Å²) in [5.41, 5.74) is 3.25. The van der Waals surface area contributed by atoms with Crippen molar-refractivity contribution >= 4 is 16.9 Å². The van der Waals surface area contributed by atoms with Gasteiger partial charge in [0.1, 0.15) is 12.4 Å². The zero-order valence-electron chi connectivity index (χ0n) is 13.7. The molecule has 2 aromatic carbocycles. The molecular weight excluding hydrogens is 302 g/mol. The van der Waals surface area contributed by atoms with E-state index in [2.05, 4.69) is 17.1 Å². The number of benzene rings is 2. The molecule has 0 unspecified atom stereocenters. The Morgan fingerprint density at radius 2 is 1.83 bits per heavy atom.